The maximum absolute atomic E-state index is 11.8. The van der Waals surface area contributed by atoms with Crippen molar-refractivity contribution in [1.82, 2.24) is 5.32 Å². The van der Waals surface area contributed by atoms with Crippen LogP contribution in [0.1, 0.15) is 22.5 Å². The molecule has 21 heavy (non-hydrogen) atoms. The van der Waals surface area contributed by atoms with E-state index in [1.807, 2.05) is 30.3 Å². The molecule has 0 radical (unpaired) electrons. The number of hydrogen-bond acceptors (Lipinski definition) is 4. The summed E-state index contributed by atoms with van der Waals surface area (Å²) < 4.78 is 9.86. The number of benzene rings is 1. The number of ether oxygens (including phenoxy) is 1. The summed E-state index contributed by atoms with van der Waals surface area (Å²) in [5.41, 5.74) is 0.848. The standard InChI is InChI=1S/C16H17NO4/c1-20-15-11-21-14(10-13(15)18)16(19)17-9-5-8-12-6-3-2-4-7-12/h2-4,6-7,10-11H,5,8-9H2,1H3,(H,17,19). The summed E-state index contributed by atoms with van der Waals surface area (Å²) in [4.78, 5) is 23.3. The molecule has 0 bridgehead atoms. The monoisotopic (exact) mass is 287 g/mol. The first-order valence-corrected chi connectivity index (χ1v) is 6.69. The highest BCUT2D eigenvalue weighted by Gasteiger charge is 2.10. The Kier molecular flexibility index (Phi) is 5.15. The minimum Gasteiger partial charge on any atom is -0.490 e. The average Bonchev–Trinajstić information content (AvgIpc) is 2.52. The predicted octanol–water partition coefficient (Wildman–Crippen LogP) is 2.01. The van der Waals surface area contributed by atoms with E-state index < -0.39 is 5.91 Å². The van der Waals surface area contributed by atoms with Crippen LogP contribution in [0.2, 0.25) is 0 Å². The highest BCUT2D eigenvalue weighted by Crippen LogP contribution is 2.05. The Morgan fingerprint density at radius 1 is 1.29 bits per heavy atom. The summed E-state index contributed by atoms with van der Waals surface area (Å²) in [6, 6.07) is 11.2. The molecule has 5 heteroatoms. The van der Waals surface area contributed by atoms with Crippen LogP contribution in [0, 0.1) is 0 Å². The molecule has 2 aromatic rings. The number of hydrogen-bond donors (Lipinski definition) is 1. The van der Waals surface area contributed by atoms with E-state index in [1.165, 1.54) is 12.7 Å². The summed E-state index contributed by atoms with van der Waals surface area (Å²) in [5.74, 6) is -0.334. The van der Waals surface area contributed by atoms with Crippen LogP contribution in [0.5, 0.6) is 5.75 Å². The van der Waals surface area contributed by atoms with Gasteiger partial charge in [0, 0.05) is 12.6 Å². The first-order valence-electron chi connectivity index (χ1n) is 6.69. The number of amides is 1. The first-order chi connectivity index (χ1) is 10.2. The van der Waals surface area contributed by atoms with Gasteiger partial charge in [-0.1, -0.05) is 30.3 Å². The van der Waals surface area contributed by atoms with E-state index in [4.69, 9.17) is 9.15 Å². The van der Waals surface area contributed by atoms with Gasteiger partial charge in [0.05, 0.1) is 7.11 Å². The van der Waals surface area contributed by atoms with E-state index in [0.29, 0.717) is 6.54 Å². The van der Waals surface area contributed by atoms with Gasteiger partial charge in [-0.2, -0.15) is 0 Å². The highest BCUT2D eigenvalue weighted by atomic mass is 16.5. The summed E-state index contributed by atoms with van der Waals surface area (Å²) in [6.45, 7) is 0.517. The Hall–Kier alpha value is -2.56. The summed E-state index contributed by atoms with van der Waals surface area (Å²) in [6.07, 6.45) is 2.84. The molecule has 0 aliphatic rings. The Morgan fingerprint density at radius 3 is 2.71 bits per heavy atom. The molecular formula is C16H17NO4. The molecule has 0 atom stereocenters. The third kappa shape index (κ3) is 4.21. The average molecular weight is 287 g/mol. The van der Waals surface area contributed by atoms with Crippen LogP contribution in [0.4, 0.5) is 0 Å². The lowest BCUT2D eigenvalue weighted by Gasteiger charge is -2.05. The fraction of sp³-hybridized carbons (Fsp3) is 0.250. The fourth-order valence-corrected chi connectivity index (χ4v) is 1.89. The van der Waals surface area contributed by atoms with E-state index in [2.05, 4.69) is 5.32 Å². The zero-order valence-corrected chi connectivity index (χ0v) is 11.8. The van der Waals surface area contributed by atoms with Crippen LogP contribution in [0.3, 0.4) is 0 Å². The SMILES string of the molecule is COc1coc(C(=O)NCCCc2ccccc2)cc1=O. The maximum atomic E-state index is 11.8. The quantitative estimate of drug-likeness (QED) is 0.825. The minimum atomic E-state index is -0.400. The summed E-state index contributed by atoms with van der Waals surface area (Å²) in [5, 5.41) is 2.72. The van der Waals surface area contributed by atoms with Gasteiger partial charge in [0.15, 0.2) is 5.76 Å². The molecular weight excluding hydrogens is 270 g/mol. The lowest BCUT2D eigenvalue weighted by molar-refractivity contribution is 0.0922. The second-order valence-electron chi connectivity index (χ2n) is 4.52. The number of methoxy groups -OCH3 is 1. The number of carbonyl (C=O) groups is 1. The Bertz CT molecular complexity index is 649. The fourth-order valence-electron chi connectivity index (χ4n) is 1.89. The molecule has 2 rings (SSSR count). The molecule has 1 aromatic carbocycles. The van der Waals surface area contributed by atoms with Crippen molar-refractivity contribution >= 4 is 5.91 Å². The second kappa shape index (κ2) is 7.28. The van der Waals surface area contributed by atoms with E-state index in [0.717, 1.165) is 25.2 Å². The van der Waals surface area contributed by atoms with Gasteiger partial charge in [-0.05, 0) is 18.4 Å². The summed E-state index contributed by atoms with van der Waals surface area (Å²) >= 11 is 0. The third-order valence-corrected chi connectivity index (χ3v) is 3.01. The van der Waals surface area contributed by atoms with Crippen molar-refractivity contribution in [1.29, 1.82) is 0 Å². The molecule has 0 saturated carbocycles. The molecule has 1 N–H and O–H groups in total. The minimum absolute atomic E-state index is 0.0134. The zero-order chi connectivity index (χ0) is 15.1. The molecule has 0 unspecified atom stereocenters. The van der Waals surface area contributed by atoms with E-state index >= 15 is 0 Å². The molecule has 0 aliphatic carbocycles. The summed E-state index contributed by atoms with van der Waals surface area (Å²) in [7, 11) is 1.37. The van der Waals surface area contributed by atoms with Gasteiger partial charge in [0.25, 0.3) is 5.91 Å². The molecule has 0 spiro atoms. The Morgan fingerprint density at radius 2 is 2.05 bits per heavy atom. The van der Waals surface area contributed by atoms with Crippen molar-refractivity contribution in [3.8, 4) is 5.75 Å². The highest BCUT2D eigenvalue weighted by molar-refractivity contribution is 5.91. The van der Waals surface area contributed by atoms with Gasteiger partial charge in [-0.15, -0.1) is 0 Å². The van der Waals surface area contributed by atoms with Gasteiger partial charge >= 0.3 is 0 Å². The molecule has 1 heterocycles. The lowest BCUT2D eigenvalue weighted by Crippen LogP contribution is -2.25. The van der Waals surface area contributed by atoms with Crippen LogP contribution in [-0.2, 0) is 6.42 Å². The van der Waals surface area contributed by atoms with Crippen molar-refractivity contribution in [3.63, 3.8) is 0 Å². The van der Waals surface area contributed by atoms with Gasteiger partial charge in [-0.3, -0.25) is 9.59 Å². The predicted molar refractivity (Wildman–Crippen MR) is 78.6 cm³/mol. The van der Waals surface area contributed by atoms with Crippen molar-refractivity contribution in [2.75, 3.05) is 13.7 Å². The van der Waals surface area contributed by atoms with E-state index in [9.17, 15) is 9.59 Å². The Balaban J connectivity index is 1.82. The third-order valence-electron chi connectivity index (χ3n) is 3.01. The lowest BCUT2D eigenvalue weighted by atomic mass is 10.1. The van der Waals surface area contributed by atoms with Gasteiger partial charge in [0.1, 0.15) is 6.26 Å². The van der Waals surface area contributed by atoms with Crippen molar-refractivity contribution in [2.24, 2.45) is 0 Å². The van der Waals surface area contributed by atoms with Gasteiger partial charge in [0.2, 0.25) is 11.2 Å². The van der Waals surface area contributed by atoms with Crippen LogP contribution < -0.4 is 15.5 Å². The second-order valence-corrected chi connectivity index (χ2v) is 4.52. The van der Waals surface area contributed by atoms with Crippen LogP contribution in [0.25, 0.3) is 0 Å². The van der Waals surface area contributed by atoms with Crippen molar-refractivity contribution in [3.05, 3.63) is 64.2 Å². The molecule has 1 amide bonds. The normalized spacial score (nSPS) is 10.1. The number of rotatable bonds is 6. The molecule has 1 aromatic heterocycles. The zero-order valence-electron chi connectivity index (χ0n) is 11.8. The van der Waals surface area contributed by atoms with E-state index in [-0.39, 0.29) is 16.9 Å². The molecule has 0 saturated heterocycles. The molecule has 5 nitrogen and oxygen atoms in total. The largest absolute Gasteiger partial charge is 0.490 e. The maximum Gasteiger partial charge on any atom is 0.287 e. The van der Waals surface area contributed by atoms with Crippen LogP contribution in [-0.4, -0.2) is 19.6 Å². The van der Waals surface area contributed by atoms with Crippen LogP contribution >= 0.6 is 0 Å². The number of nitrogens with one attached hydrogen (secondary N) is 1. The van der Waals surface area contributed by atoms with Crippen molar-refractivity contribution in [2.45, 2.75) is 12.8 Å². The number of carbonyl (C=O) groups excluding carboxylic acids is 1. The molecule has 0 fully saturated rings. The van der Waals surface area contributed by atoms with Gasteiger partial charge < -0.3 is 14.5 Å². The first kappa shape index (κ1) is 14.8. The Labute approximate surface area is 122 Å². The van der Waals surface area contributed by atoms with Crippen molar-refractivity contribution < 1.29 is 13.9 Å². The molecule has 0 aliphatic heterocycles. The smallest absolute Gasteiger partial charge is 0.287 e. The van der Waals surface area contributed by atoms with Gasteiger partial charge in [-0.25, -0.2) is 0 Å². The van der Waals surface area contributed by atoms with Crippen LogP contribution in [0.15, 0.2) is 51.9 Å². The number of aryl methyl sites for hydroxylation is 1. The molecule has 110 valence electrons. The van der Waals surface area contributed by atoms with E-state index in [1.54, 1.807) is 0 Å². The topological polar surface area (TPSA) is 68.5 Å².